The number of nitrogens with zero attached hydrogens (tertiary/aromatic N) is 2. The lowest BCUT2D eigenvalue weighted by Gasteiger charge is -2.14. The van der Waals surface area contributed by atoms with E-state index < -0.39 is 23.2 Å². The van der Waals surface area contributed by atoms with Gasteiger partial charge in [0.1, 0.15) is 0 Å². The average Bonchev–Trinajstić information content (AvgIpc) is 3.11. The van der Waals surface area contributed by atoms with Gasteiger partial charge in [-0.15, -0.1) is 0 Å². The number of rotatable bonds is 2. The highest BCUT2D eigenvalue weighted by molar-refractivity contribution is 6.25. The van der Waals surface area contributed by atoms with Crippen molar-refractivity contribution in [2.75, 3.05) is 5.32 Å². The monoisotopic (exact) mass is 345 g/mol. The van der Waals surface area contributed by atoms with Gasteiger partial charge in [0.25, 0.3) is 5.91 Å². The third kappa shape index (κ3) is 2.14. The zero-order valence-corrected chi connectivity index (χ0v) is 12.8. The highest BCUT2D eigenvalue weighted by Gasteiger charge is 2.40. The third-order valence-electron chi connectivity index (χ3n) is 4.16. The highest BCUT2D eigenvalue weighted by atomic mass is 19.4. The van der Waals surface area contributed by atoms with Gasteiger partial charge in [0.15, 0.2) is 11.5 Å². The summed E-state index contributed by atoms with van der Waals surface area (Å²) in [6.45, 7) is 1.06. The van der Waals surface area contributed by atoms with Gasteiger partial charge in [-0.3, -0.25) is 9.59 Å². The number of carbonyl (C=O) groups excluding carboxylic acids is 2. The standard InChI is InChI=1S/C17H10F3N3O2/c1-8(24)11-7-21-23(15(11)17(18,19)20)13-6-5-12-14-9(13)3-2-4-10(14)16(25)22-12/h2-7H,1H3,(H,22,25). The SMILES string of the molecule is CC(=O)c1cnn(-c2ccc3c4c(cccc24)C(=O)N3)c1C(F)(F)F. The Bertz CT molecular complexity index is 1070. The van der Waals surface area contributed by atoms with Crippen LogP contribution in [0.1, 0.15) is 33.3 Å². The summed E-state index contributed by atoms with van der Waals surface area (Å²) >= 11 is 0. The molecule has 1 aliphatic rings. The van der Waals surface area contributed by atoms with E-state index in [1.54, 1.807) is 18.2 Å². The van der Waals surface area contributed by atoms with Gasteiger partial charge in [0.05, 0.1) is 17.4 Å². The van der Waals surface area contributed by atoms with Crippen LogP contribution in [0.4, 0.5) is 18.9 Å². The van der Waals surface area contributed by atoms with Crippen molar-refractivity contribution < 1.29 is 22.8 Å². The van der Waals surface area contributed by atoms with Crippen molar-refractivity contribution in [1.82, 2.24) is 9.78 Å². The van der Waals surface area contributed by atoms with E-state index in [1.165, 1.54) is 12.1 Å². The number of benzene rings is 2. The Morgan fingerprint density at radius 2 is 1.96 bits per heavy atom. The van der Waals surface area contributed by atoms with Gasteiger partial charge in [-0.2, -0.15) is 18.3 Å². The van der Waals surface area contributed by atoms with Crippen LogP contribution in [-0.4, -0.2) is 21.5 Å². The van der Waals surface area contributed by atoms with Crippen LogP contribution in [0.5, 0.6) is 0 Å². The van der Waals surface area contributed by atoms with Crippen LogP contribution in [0, 0.1) is 0 Å². The van der Waals surface area contributed by atoms with Crippen molar-refractivity contribution in [1.29, 1.82) is 0 Å². The lowest BCUT2D eigenvalue weighted by atomic mass is 10.0. The second-order valence-corrected chi connectivity index (χ2v) is 5.69. The maximum atomic E-state index is 13.5. The largest absolute Gasteiger partial charge is 0.434 e. The van der Waals surface area contributed by atoms with E-state index in [0.29, 0.717) is 26.7 Å². The van der Waals surface area contributed by atoms with Crippen molar-refractivity contribution in [2.24, 2.45) is 0 Å². The molecule has 3 aromatic rings. The van der Waals surface area contributed by atoms with Gasteiger partial charge < -0.3 is 5.32 Å². The maximum Gasteiger partial charge on any atom is 0.434 e. The zero-order valence-electron chi connectivity index (χ0n) is 12.8. The van der Waals surface area contributed by atoms with Gasteiger partial charge in [0, 0.05) is 22.0 Å². The first kappa shape index (κ1) is 15.4. The predicted molar refractivity (Wildman–Crippen MR) is 84.0 cm³/mol. The Hall–Kier alpha value is -3.16. The minimum Gasteiger partial charge on any atom is -0.321 e. The van der Waals surface area contributed by atoms with Crippen molar-refractivity contribution in [3.8, 4) is 5.69 Å². The zero-order chi connectivity index (χ0) is 17.9. The van der Waals surface area contributed by atoms with Gasteiger partial charge in [0.2, 0.25) is 0 Å². The summed E-state index contributed by atoms with van der Waals surface area (Å²) in [7, 11) is 0. The number of Topliss-reactive ketones (excluding diaryl/α,β-unsaturated/α-hetero) is 1. The molecule has 1 aliphatic heterocycles. The topological polar surface area (TPSA) is 64.0 Å². The van der Waals surface area contributed by atoms with E-state index in [9.17, 15) is 22.8 Å². The first-order chi connectivity index (χ1) is 11.8. The second-order valence-electron chi connectivity index (χ2n) is 5.69. The number of alkyl halides is 3. The first-order valence-electron chi connectivity index (χ1n) is 7.32. The van der Waals surface area contributed by atoms with Crippen LogP contribution >= 0.6 is 0 Å². The number of ketones is 1. The van der Waals surface area contributed by atoms with Crippen LogP contribution < -0.4 is 5.32 Å². The molecule has 1 amide bonds. The summed E-state index contributed by atoms with van der Waals surface area (Å²) in [6, 6.07) is 7.79. The molecule has 2 aromatic carbocycles. The molecule has 5 nitrogen and oxygen atoms in total. The molecule has 1 aromatic heterocycles. The maximum absolute atomic E-state index is 13.5. The van der Waals surface area contributed by atoms with E-state index in [-0.39, 0.29) is 11.6 Å². The highest BCUT2D eigenvalue weighted by Crippen LogP contribution is 2.39. The van der Waals surface area contributed by atoms with Gasteiger partial charge in [-0.1, -0.05) is 12.1 Å². The van der Waals surface area contributed by atoms with Crippen LogP contribution in [0.3, 0.4) is 0 Å². The number of carbonyl (C=O) groups is 2. The minimum atomic E-state index is -4.76. The Balaban J connectivity index is 2.07. The average molecular weight is 345 g/mol. The molecule has 0 fully saturated rings. The minimum absolute atomic E-state index is 0.150. The number of hydrogen-bond donors (Lipinski definition) is 1. The number of amides is 1. The van der Waals surface area contributed by atoms with Gasteiger partial charge >= 0.3 is 6.18 Å². The summed E-state index contributed by atoms with van der Waals surface area (Å²) in [4.78, 5) is 23.5. The fraction of sp³-hybridized carbons (Fsp3) is 0.118. The van der Waals surface area contributed by atoms with E-state index >= 15 is 0 Å². The van der Waals surface area contributed by atoms with E-state index in [0.717, 1.165) is 13.1 Å². The number of halogens is 3. The molecule has 0 bridgehead atoms. The molecule has 25 heavy (non-hydrogen) atoms. The Morgan fingerprint density at radius 3 is 2.64 bits per heavy atom. The molecule has 0 saturated heterocycles. The molecule has 0 saturated carbocycles. The molecule has 126 valence electrons. The number of hydrogen-bond acceptors (Lipinski definition) is 3. The Labute approximate surface area is 139 Å². The lowest BCUT2D eigenvalue weighted by molar-refractivity contribution is -0.143. The molecule has 0 aliphatic carbocycles. The summed E-state index contributed by atoms with van der Waals surface area (Å²) in [5.74, 6) is -1.03. The van der Waals surface area contributed by atoms with Crippen LogP contribution in [0.25, 0.3) is 16.5 Å². The van der Waals surface area contributed by atoms with E-state index in [4.69, 9.17) is 0 Å². The first-order valence-corrected chi connectivity index (χ1v) is 7.32. The van der Waals surface area contributed by atoms with Crippen molar-refractivity contribution in [3.63, 3.8) is 0 Å². The molecule has 2 heterocycles. The summed E-state index contributed by atoms with van der Waals surface area (Å²) in [6.07, 6.45) is -3.84. The molecular weight excluding hydrogens is 335 g/mol. The number of nitrogens with one attached hydrogen (secondary N) is 1. The van der Waals surface area contributed by atoms with Crippen molar-refractivity contribution in [2.45, 2.75) is 13.1 Å². The molecule has 0 unspecified atom stereocenters. The number of anilines is 1. The van der Waals surface area contributed by atoms with Crippen LogP contribution in [0.15, 0.2) is 36.5 Å². The van der Waals surface area contributed by atoms with Crippen molar-refractivity contribution in [3.05, 3.63) is 53.3 Å². The number of aromatic nitrogens is 2. The van der Waals surface area contributed by atoms with Crippen LogP contribution in [0.2, 0.25) is 0 Å². The normalized spacial score (nSPS) is 13.4. The lowest BCUT2D eigenvalue weighted by Crippen LogP contribution is -2.17. The van der Waals surface area contributed by atoms with Gasteiger partial charge in [-0.25, -0.2) is 4.68 Å². The third-order valence-corrected chi connectivity index (χ3v) is 4.16. The molecule has 4 rings (SSSR count). The Kier molecular flexibility index (Phi) is 3.02. The fourth-order valence-electron chi connectivity index (χ4n) is 3.12. The summed E-state index contributed by atoms with van der Waals surface area (Å²) < 4.78 is 41.3. The van der Waals surface area contributed by atoms with Crippen molar-refractivity contribution >= 4 is 28.2 Å². The Morgan fingerprint density at radius 1 is 1.20 bits per heavy atom. The molecule has 0 atom stereocenters. The van der Waals surface area contributed by atoms with Crippen LogP contribution in [-0.2, 0) is 6.18 Å². The molecule has 8 heteroatoms. The molecule has 1 N–H and O–H groups in total. The predicted octanol–water partition coefficient (Wildman–Crippen LogP) is 3.81. The molecular formula is C17H10F3N3O2. The summed E-state index contributed by atoms with van der Waals surface area (Å²) in [5, 5.41) is 7.45. The van der Waals surface area contributed by atoms with E-state index in [2.05, 4.69) is 10.4 Å². The second kappa shape index (κ2) is 4.92. The quantitative estimate of drug-likeness (QED) is 0.718. The van der Waals surface area contributed by atoms with Gasteiger partial charge in [-0.05, 0) is 25.1 Å². The smallest absolute Gasteiger partial charge is 0.321 e. The summed E-state index contributed by atoms with van der Waals surface area (Å²) in [5.41, 5.74) is -0.548. The fourth-order valence-corrected chi connectivity index (χ4v) is 3.12. The molecule has 0 radical (unpaired) electrons. The molecule has 0 spiro atoms. The van der Waals surface area contributed by atoms with E-state index in [1.807, 2.05) is 0 Å².